The predicted octanol–water partition coefficient (Wildman–Crippen LogP) is 1.91. The standard InChI is InChI=1S/C19H20N6O2/c1-12-16(18(26)24-6-8-27-9-7-24)17(25-19(23-12)21-11-22-25)14-10-20-15-5-3-2-4-13(14)15/h2-5,10-11,17,20H,6-9H2,1H3,(H,21,22,23)/t17-/m1/s1. The van der Waals surface area contributed by atoms with Gasteiger partial charge in [-0.3, -0.25) is 4.79 Å². The third-order valence-electron chi connectivity index (χ3n) is 5.24. The third kappa shape index (κ3) is 2.52. The minimum Gasteiger partial charge on any atom is -0.378 e. The summed E-state index contributed by atoms with van der Waals surface area (Å²) in [4.78, 5) is 22.9. The molecule has 2 N–H and O–H groups in total. The first kappa shape index (κ1) is 16.1. The Morgan fingerprint density at radius 2 is 2.07 bits per heavy atom. The molecule has 5 rings (SSSR count). The normalized spacial score (nSPS) is 19.9. The number of nitrogens with one attached hydrogen (secondary N) is 2. The predicted molar refractivity (Wildman–Crippen MR) is 100 cm³/mol. The fraction of sp³-hybridized carbons (Fsp3) is 0.316. The smallest absolute Gasteiger partial charge is 0.254 e. The number of rotatable bonds is 2. The van der Waals surface area contributed by atoms with E-state index in [4.69, 9.17) is 4.74 Å². The van der Waals surface area contributed by atoms with Crippen LogP contribution in [-0.4, -0.2) is 56.9 Å². The Balaban J connectivity index is 1.66. The van der Waals surface area contributed by atoms with Crippen molar-refractivity contribution in [2.75, 3.05) is 31.6 Å². The summed E-state index contributed by atoms with van der Waals surface area (Å²) in [5, 5.41) is 8.72. The maximum absolute atomic E-state index is 13.4. The van der Waals surface area contributed by atoms with Gasteiger partial charge in [0.2, 0.25) is 5.95 Å². The zero-order chi connectivity index (χ0) is 18.4. The van der Waals surface area contributed by atoms with Crippen LogP contribution >= 0.6 is 0 Å². The highest BCUT2D eigenvalue weighted by atomic mass is 16.5. The summed E-state index contributed by atoms with van der Waals surface area (Å²) in [6, 6.07) is 7.75. The SMILES string of the molecule is CC1=C(C(=O)N2CCOCC2)[C@@H](c2c[nH]c3ccccc23)n2ncnc2N1. The number of amides is 1. The van der Waals surface area contributed by atoms with Crippen LogP contribution in [0.15, 0.2) is 48.1 Å². The number of fused-ring (bicyclic) bond motifs is 2. The van der Waals surface area contributed by atoms with Crippen molar-refractivity contribution in [2.24, 2.45) is 0 Å². The van der Waals surface area contributed by atoms with E-state index in [2.05, 4.69) is 26.4 Å². The van der Waals surface area contributed by atoms with Crippen LogP contribution in [0.4, 0.5) is 5.95 Å². The van der Waals surface area contributed by atoms with Crippen molar-refractivity contribution in [1.82, 2.24) is 24.6 Å². The lowest BCUT2D eigenvalue weighted by Gasteiger charge is -2.33. The second-order valence-electron chi connectivity index (χ2n) is 6.79. The molecule has 1 atom stereocenters. The van der Waals surface area contributed by atoms with Crippen LogP contribution in [-0.2, 0) is 9.53 Å². The summed E-state index contributed by atoms with van der Waals surface area (Å²) >= 11 is 0. The Hall–Kier alpha value is -3.13. The number of benzene rings is 1. The number of carbonyl (C=O) groups is 1. The number of aromatic nitrogens is 4. The number of nitrogens with zero attached hydrogens (tertiary/aromatic N) is 4. The van der Waals surface area contributed by atoms with Gasteiger partial charge in [0.25, 0.3) is 5.91 Å². The summed E-state index contributed by atoms with van der Waals surface area (Å²) < 4.78 is 7.19. The van der Waals surface area contributed by atoms with Gasteiger partial charge < -0.3 is 19.9 Å². The summed E-state index contributed by atoms with van der Waals surface area (Å²) in [6.07, 6.45) is 3.48. The molecule has 8 heteroatoms. The zero-order valence-electron chi connectivity index (χ0n) is 15.0. The number of hydrogen-bond acceptors (Lipinski definition) is 5. The number of ether oxygens (including phenoxy) is 1. The van der Waals surface area contributed by atoms with Crippen LogP contribution in [0.2, 0.25) is 0 Å². The van der Waals surface area contributed by atoms with Crippen LogP contribution in [0.3, 0.4) is 0 Å². The number of morpholine rings is 1. The lowest BCUT2D eigenvalue weighted by atomic mass is 9.94. The largest absolute Gasteiger partial charge is 0.378 e. The third-order valence-corrected chi connectivity index (χ3v) is 5.24. The highest BCUT2D eigenvalue weighted by Crippen LogP contribution is 2.38. The van der Waals surface area contributed by atoms with Gasteiger partial charge in [-0.25, -0.2) is 4.68 Å². The quantitative estimate of drug-likeness (QED) is 0.725. The summed E-state index contributed by atoms with van der Waals surface area (Å²) in [5.74, 6) is 0.654. The Morgan fingerprint density at radius 1 is 1.26 bits per heavy atom. The molecule has 1 amide bonds. The van der Waals surface area contributed by atoms with Gasteiger partial charge in [0.15, 0.2) is 0 Å². The molecule has 0 spiro atoms. The molecule has 8 nitrogen and oxygen atoms in total. The van der Waals surface area contributed by atoms with E-state index in [9.17, 15) is 4.79 Å². The van der Waals surface area contributed by atoms with Gasteiger partial charge in [-0.2, -0.15) is 10.1 Å². The number of aromatic amines is 1. The number of allylic oxidation sites excluding steroid dienone is 1. The monoisotopic (exact) mass is 364 g/mol. The molecule has 2 aliphatic rings. The van der Waals surface area contributed by atoms with Crippen molar-refractivity contribution >= 4 is 22.8 Å². The average Bonchev–Trinajstić information content (AvgIpc) is 3.34. The van der Waals surface area contributed by atoms with Crippen LogP contribution < -0.4 is 5.32 Å². The number of carbonyl (C=O) groups excluding carboxylic acids is 1. The number of H-pyrrole nitrogens is 1. The van der Waals surface area contributed by atoms with E-state index in [-0.39, 0.29) is 11.9 Å². The van der Waals surface area contributed by atoms with Gasteiger partial charge in [0.05, 0.1) is 18.8 Å². The molecule has 2 aromatic heterocycles. The van der Waals surface area contributed by atoms with Gasteiger partial charge in [0.1, 0.15) is 12.4 Å². The van der Waals surface area contributed by atoms with Crippen LogP contribution in [0, 0.1) is 0 Å². The molecular formula is C19H20N6O2. The molecule has 0 radical (unpaired) electrons. The first-order valence-electron chi connectivity index (χ1n) is 9.04. The molecule has 1 fully saturated rings. The van der Waals surface area contributed by atoms with Crippen molar-refractivity contribution in [3.63, 3.8) is 0 Å². The lowest BCUT2D eigenvalue weighted by Crippen LogP contribution is -2.44. The maximum atomic E-state index is 13.4. The Morgan fingerprint density at radius 3 is 2.93 bits per heavy atom. The van der Waals surface area contributed by atoms with Crippen LogP contribution in [0.25, 0.3) is 10.9 Å². The van der Waals surface area contributed by atoms with E-state index in [0.717, 1.165) is 22.2 Å². The first-order chi connectivity index (χ1) is 13.2. The minimum atomic E-state index is -0.338. The van der Waals surface area contributed by atoms with E-state index >= 15 is 0 Å². The van der Waals surface area contributed by atoms with Crippen molar-refractivity contribution in [2.45, 2.75) is 13.0 Å². The fourth-order valence-corrected chi connectivity index (χ4v) is 3.91. The van der Waals surface area contributed by atoms with Gasteiger partial charge in [-0.05, 0) is 13.0 Å². The zero-order valence-corrected chi connectivity index (χ0v) is 15.0. The molecule has 0 aliphatic carbocycles. The van der Waals surface area contributed by atoms with Crippen molar-refractivity contribution in [3.05, 3.63) is 53.6 Å². The molecule has 0 unspecified atom stereocenters. The van der Waals surface area contributed by atoms with Gasteiger partial charge in [0, 0.05) is 41.4 Å². The van der Waals surface area contributed by atoms with E-state index < -0.39 is 0 Å². The number of anilines is 1. The van der Waals surface area contributed by atoms with E-state index in [1.807, 2.05) is 36.2 Å². The maximum Gasteiger partial charge on any atom is 0.254 e. The van der Waals surface area contributed by atoms with Crippen molar-refractivity contribution < 1.29 is 9.53 Å². The summed E-state index contributed by atoms with van der Waals surface area (Å²) in [7, 11) is 0. The molecule has 3 aromatic rings. The van der Waals surface area contributed by atoms with Crippen molar-refractivity contribution in [3.8, 4) is 0 Å². The second-order valence-corrected chi connectivity index (χ2v) is 6.79. The highest BCUT2D eigenvalue weighted by molar-refractivity contribution is 5.98. The Bertz CT molecular complexity index is 1040. The average molecular weight is 364 g/mol. The Kier molecular flexibility index (Phi) is 3.71. The molecule has 0 saturated carbocycles. The molecule has 0 bridgehead atoms. The molecule has 138 valence electrons. The fourth-order valence-electron chi connectivity index (χ4n) is 3.91. The second kappa shape index (κ2) is 6.24. The summed E-state index contributed by atoms with van der Waals surface area (Å²) in [6.45, 7) is 4.25. The molecular weight excluding hydrogens is 344 g/mol. The Labute approximate surface area is 155 Å². The van der Waals surface area contributed by atoms with E-state index in [0.29, 0.717) is 37.8 Å². The first-order valence-corrected chi connectivity index (χ1v) is 9.04. The van der Waals surface area contributed by atoms with Gasteiger partial charge in [-0.15, -0.1) is 0 Å². The molecule has 1 aromatic carbocycles. The molecule has 27 heavy (non-hydrogen) atoms. The van der Waals surface area contributed by atoms with Crippen LogP contribution in [0.5, 0.6) is 0 Å². The lowest BCUT2D eigenvalue weighted by molar-refractivity contribution is -0.131. The van der Waals surface area contributed by atoms with Crippen molar-refractivity contribution in [1.29, 1.82) is 0 Å². The van der Waals surface area contributed by atoms with Gasteiger partial charge >= 0.3 is 0 Å². The van der Waals surface area contributed by atoms with E-state index in [1.54, 1.807) is 4.68 Å². The van der Waals surface area contributed by atoms with Gasteiger partial charge in [-0.1, -0.05) is 18.2 Å². The summed E-state index contributed by atoms with van der Waals surface area (Å²) in [5.41, 5.74) is 3.54. The number of para-hydroxylation sites is 1. The highest BCUT2D eigenvalue weighted by Gasteiger charge is 2.36. The molecule has 2 aliphatic heterocycles. The number of hydrogen-bond donors (Lipinski definition) is 2. The minimum absolute atomic E-state index is 0.0136. The van der Waals surface area contributed by atoms with Crippen LogP contribution in [0.1, 0.15) is 18.5 Å². The molecule has 4 heterocycles. The molecule has 1 saturated heterocycles. The van der Waals surface area contributed by atoms with E-state index in [1.165, 1.54) is 6.33 Å². The topological polar surface area (TPSA) is 88.1 Å².